The minimum Gasteiger partial charge on any atom is -0.353 e. The van der Waals surface area contributed by atoms with E-state index in [1.54, 1.807) is 0 Å². The quantitative estimate of drug-likeness (QED) is 0.671. The van der Waals surface area contributed by atoms with Crippen LogP contribution in [0.4, 0.5) is 0 Å². The molecular weight excluding hydrogens is 168 g/mol. The minimum atomic E-state index is -0.142. The summed E-state index contributed by atoms with van der Waals surface area (Å²) in [4.78, 5) is 11.3. The van der Waals surface area contributed by atoms with Gasteiger partial charge in [-0.25, -0.2) is 0 Å². The van der Waals surface area contributed by atoms with Gasteiger partial charge in [-0.1, -0.05) is 13.8 Å². The summed E-state index contributed by atoms with van der Waals surface area (Å²) in [6, 6.07) is 0. The third kappa shape index (κ3) is 3.87. The predicted octanol–water partition coefficient (Wildman–Crippen LogP) is 1.75. The van der Waals surface area contributed by atoms with Gasteiger partial charge in [0.2, 0.25) is 0 Å². The summed E-state index contributed by atoms with van der Waals surface area (Å²) < 4.78 is 10.7. The molecular formula is C10H18O3. The largest absolute Gasteiger partial charge is 0.353 e. The van der Waals surface area contributed by atoms with Gasteiger partial charge < -0.3 is 9.47 Å². The van der Waals surface area contributed by atoms with Crippen molar-refractivity contribution in [1.82, 2.24) is 0 Å². The third-order valence-electron chi connectivity index (χ3n) is 2.17. The fourth-order valence-corrected chi connectivity index (χ4v) is 1.25. The summed E-state index contributed by atoms with van der Waals surface area (Å²) in [6.45, 7) is 5.37. The van der Waals surface area contributed by atoms with E-state index in [4.69, 9.17) is 9.47 Å². The molecule has 0 spiro atoms. The van der Waals surface area contributed by atoms with Crippen LogP contribution in [0.1, 0.15) is 33.1 Å². The van der Waals surface area contributed by atoms with Crippen LogP contribution in [0.3, 0.4) is 0 Å². The average Bonchev–Trinajstić information content (AvgIpc) is 2.15. The van der Waals surface area contributed by atoms with E-state index in [0.29, 0.717) is 12.8 Å². The van der Waals surface area contributed by atoms with Crippen molar-refractivity contribution in [3.05, 3.63) is 0 Å². The van der Waals surface area contributed by atoms with Crippen molar-refractivity contribution in [1.29, 1.82) is 0 Å². The lowest BCUT2D eigenvalue weighted by Gasteiger charge is -2.22. The highest BCUT2D eigenvalue weighted by molar-refractivity contribution is 5.80. The molecule has 0 amide bonds. The van der Waals surface area contributed by atoms with E-state index < -0.39 is 0 Å². The van der Waals surface area contributed by atoms with Crippen LogP contribution >= 0.6 is 0 Å². The van der Waals surface area contributed by atoms with Crippen molar-refractivity contribution in [2.45, 2.75) is 39.4 Å². The summed E-state index contributed by atoms with van der Waals surface area (Å²) in [7, 11) is 0. The Balaban J connectivity index is 2.13. The van der Waals surface area contributed by atoms with Crippen LogP contribution < -0.4 is 0 Å². The number of carbonyl (C=O) groups is 1. The van der Waals surface area contributed by atoms with Crippen molar-refractivity contribution in [3.63, 3.8) is 0 Å². The Morgan fingerprint density at radius 1 is 1.38 bits per heavy atom. The molecule has 0 aromatic carbocycles. The minimum absolute atomic E-state index is 0.128. The normalized spacial score (nSPS) is 19.3. The molecule has 0 saturated carbocycles. The first-order chi connectivity index (χ1) is 6.20. The van der Waals surface area contributed by atoms with Gasteiger partial charge in [-0.3, -0.25) is 4.79 Å². The first-order valence-electron chi connectivity index (χ1n) is 4.96. The van der Waals surface area contributed by atoms with Crippen LogP contribution in [-0.4, -0.2) is 25.3 Å². The Bertz CT molecular complexity index is 160. The second kappa shape index (κ2) is 5.35. The molecule has 76 valence electrons. The van der Waals surface area contributed by atoms with Crippen molar-refractivity contribution >= 4 is 5.78 Å². The smallest absolute Gasteiger partial charge is 0.157 e. The predicted molar refractivity (Wildman–Crippen MR) is 49.4 cm³/mol. The van der Waals surface area contributed by atoms with E-state index in [1.807, 2.05) is 13.8 Å². The SMILES string of the molecule is CC(C)C(=O)CCC1OCCCO1. The Labute approximate surface area is 79.4 Å². The molecule has 3 heteroatoms. The van der Waals surface area contributed by atoms with Crippen molar-refractivity contribution in [3.8, 4) is 0 Å². The summed E-state index contributed by atoms with van der Waals surface area (Å²) in [5, 5.41) is 0. The fourth-order valence-electron chi connectivity index (χ4n) is 1.25. The third-order valence-corrected chi connectivity index (χ3v) is 2.17. The molecule has 1 saturated heterocycles. The fraction of sp³-hybridized carbons (Fsp3) is 0.900. The molecule has 1 rings (SSSR count). The molecule has 0 unspecified atom stereocenters. The number of carbonyl (C=O) groups excluding carboxylic acids is 1. The molecule has 0 aromatic rings. The number of rotatable bonds is 4. The molecule has 0 aromatic heterocycles. The zero-order valence-electron chi connectivity index (χ0n) is 8.41. The van der Waals surface area contributed by atoms with E-state index in [0.717, 1.165) is 19.6 Å². The molecule has 0 N–H and O–H groups in total. The second-order valence-electron chi connectivity index (χ2n) is 3.68. The number of ketones is 1. The maximum atomic E-state index is 11.3. The molecule has 0 radical (unpaired) electrons. The van der Waals surface area contributed by atoms with Gasteiger partial charge in [0.1, 0.15) is 5.78 Å². The van der Waals surface area contributed by atoms with E-state index in [2.05, 4.69) is 0 Å². The average molecular weight is 186 g/mol. The van der Waals surface area contributed by atoms with Gasteiger partial charge in [-0.15, -0.1) is 0 Å². The van der Waals surface area contributed by atoms with Crippen molar-refractivity contribution in [2.75, 3.05) is 13.2 Å². The maximum absolute atomic E-state index is 11.3. The Morgan fingerprint density at radius 3 is 2.54 bits per heavy atom. The zero-order chi connectivity index (χ0) is 9.68. The Morgan fingerprint density at radius 2 is 2.00 bits per heavy atom. The van der Waals surface area contributed by atoms with Crippen LogP contribution in [0, 0.1) is 5.92 Å². The summed E-state index contributed by atoms with van der Waals surface area (Å²) >= 11 is 0. The van der Waals surface area contributed by atoms with Gasteiger partial charge in [0.15, 0.2) is 6.29 Å². The molecule has 1 aliphatic rings. The molecule has 1 aliphatic heterocycles. The highest BCUT2D eigenvalue weighted by atomic mass is 16.7. The van der Waals surface area contributed by atoms with Crippen molar-refractivity contribution in [2.24, 2.45) is 5.92 Å². The van der Waals surface area contributed by atoms with Crippen LogP contribution in [-0.2, 0) is 14.3 Å². The second-order valence-corrected chi connectivity index (χ2v) is 3.68. The van der Waals surface area contributed by atoms with Crippen LogP contribution in [0.15, 0.2) is 0 Å². The monoisotopic (exact) mass is 186 g/mol. The van der Waals surface area contributed by atoms with Crippen LogP contribution in [0.5, 0.6) is 0 Å². The highest BCUT2D eigenvalue weighted by Crippen LogP contribution is 2.12. The topological polar surface area (TPSA) is 35.5 Å². The standard InChI is InChI=1S/C10H18O3/c1-8(2)9(11)4-5-10-12-6-3-7-13-10/h8,10H,3-7H2,1-2H3. The number of Topliss-reactive ketones (excluding diaryl/α,β-unsaturated/α-hetero) is 1. The van der Waals surface area contributed by atoms with Gasteiger partial charge in [-0.05, 0) is 6.42 Å². The molecule has 1 heterocycles. The van der Waals surface area contributed by atoms with Crippen LogP contribution in [0.25, 0.3) is 0 Å². The number of ether oxygens (including phenoxy) is 2. The van der Waals surface area contributed by atoms with Crippen LogP contribution in [0.2, 0.25) is 0 Å². The summed E-state index contributed by atoms with van der Waals surface area (Å²) in [5.74, 6) is 0.418. The van der Waals surface area contributed by atoms with E-state index >= 15 is 0 Å². The number of hydrogen-bond donors (Lipinski definition) is 0. The first kappa shape index (κ1) is 10.7. The number of hydrogen-bond acceptors (Lipinski definition) is 3. The molecule has 0 atom stereocenters. The molecule has 1 fully saturated rings. The highest BCUT2D eigenvalue weighted by Gasteiger charge is 2.16. The van der Waals surface area contributed by atoms with Gasteiger partial charge in [-0.2, -0.15) is 0 Å². The van der Waals surface area contributed by atoms with Gasteiger partial charge in [0.25, 0.3) is 0 Å². The lowest BCUT2D eigenvalue weighted by Crippen LogP contribution is -2.25. The lowest BCUT2D eigenvalue weighted by molar-refractivity contribution is -0.182. The first-order valence-corrected chi connectivity index (χ1v) is 4.96. The molecule has 0 aliphatic carbocycles. The molecule has 0 bridgehead atoms. The summed E-state index contributed by atoms with van der Waals surface area (Å²) in [6.07, 6.45) is 2.10. The van der Waals surface area contributed by atoms with E-state index in [1.165, 1.54) is 0 Å². The lowest BCUT2D eigenvalue weighted by atomic mass is 10.0. The van der Waals surface area contributed by atoms with E-state index in [9.17, 15) is 4.79 Å². The zero-order valence-corrected chi connectivity index (χ0v) is 8.41. The van der Waals surface area contributed by atoms with Gasteiger partial charge in [0.05, 0.1) is 13.2 Å². The Hall–Kier alpha value is -0.410. The molecule has 3 nitrogen and oxygen atoms in total. The van der Waals surface area contributed by atoms with Crippen molar-refractivity contribution < 1.29 is 14.3 Å². The van der Waals surface area contributed by atoms with Gasteiger partial charge >= 0.3 is 0 Å². The van der Waals surface area contributed by atoms with E-state index in [-0.39, 0.29) is 18.0 Å². The Kier molecular flexibility index (Phi) is 4.39. The molecule has 13 heavy (non-hydrogen) atoms. The summed E-state index contributed by atoms with van der Waals surface area (Å²) in [5.41, 5.74) is 0. The van der Waals surface area contributed by atoms with Gasteiger partial charge in [0, 0.05) is 18.8 Å². The maximum Gasteiger partial charge on any atom is 0.157 e.